The Morgan fingerprint density at radius 2 is 1.97 bits per heavy atom. The van der Waals surface area contributed by atoms with Crippen LogP contribution >= 0.6 is 0 Å². The molecule has 0 aliphatic heterocycles. The Bertz CT molecular complexity index is 1710. The number of aromatic amines is 2. The topological polar surface area (TPSA) is 147 Å². The van der Waals surface area contributed by atoms with Gasteiger partial charge in [-0.15, -0.1) is 0 Å². The number of carbonyl (C=O) groups is 1. The Kier molecular flexibility index (Phi) is 5.95. The fourth-order valence-electron chi connectivity index (χ4n) is 4.85. The highest BCUT2D eigenvalue weighted by atomic mass is 16.5. The summed E-state index contributed by atoms with van der Waals surface area (Å²) >= 11 is 0. The summed E-state index contributed by atoms with van der Waals surface area (Å²) in [5.41, 5.74) is 4.41. The van der Waals surface area contributed by atoms with Gasteiger partial charge in [0.15, 0.2) is 5.58 Å². The van der Waals surface area contributed by atoms with E-state index < -0.39 is 5.76 Å². The monoisotopic (exact) mass is 514 g/mol. The Morgan fingerprint density at radius 3 is 2.76 bits per heavy atom. The number of ether oxygens (including phenoxy) is 2. The molecule has 1 amide bonds. The molecule has 0 unspecified atom stereocenters. The number of rotatable bonds is 7. The quantitative estimate of drug-likeness (QED) is 0.248. The second-order valence-electron chi connectivity index (χ2n) is 9.15. The third-order valence-corrected chi connectivity index (χ3v) is 6.75. The van der Waals surface area contributed by atoms with Crippen molar-refractivity contribution in [3.8, 4) is 22.8 Å². The van der Waals surface area contributed by atoms with Crippen molar-refractivity contribution in [2.45, 2.75) is 31.8 Å². The van der Waals surface area contributed by atoms with E-state index in [0.717, 1.165) is 42.2 Å². The first kappa shape index (κ1) is 23.6. The molecule has 1 fully saturated rings. The van der Waals surface area contributed by atoms with Gasteiger partial charge in [0.2, 0.25) is 11.8 Å². The number of H-pyrrole nitrogens is 2. The van der Waals surface area contributed by atoms with Crippen LogP contribution in [0.3, 0.4) is 0 Å². The van der Waals surface area contributed by atoms with Gasteiger partial charge in [-0.25, -0.2) is 4.79 Å². The largest absolute Gasteiger partial charge is 0.495 e. The van der Waals surface area contributed by atoms with E-state index in [1.807, 2.05) is 12.3 Å². The molecule has 0 bridgehead atoms. The Labute approximate surface area is 216 Å². The van der Waals surface area contributed by atoms with Crippen molar-refractivity contribution in [3.63, 3.8) is 0 Å². The first-order valence-electron chi connectivity index (χ1n) is 12.4. The number of methoxy groups -OCH3 is 1. The van der Waals surface area contributed by atoms with Gasteiger partial charge < -0.3 is 29.5 Å². The van der Waals surface area contributed by atoms with Crippen LogP contribution in [0.4, 0.5) is 11.6 Å². The first-order chi connectivity index (χ1) is 18.5. The molecule has 5 aromatic rings. The Morgan fingerprint density at radius 1 is 1.13 bits per heavy atom. The lowest BCUT2D eigenvalue weighted by Crippen LogP contribution is -2.17. The number of nitrogens with one attached hydrogen (secondary N) is 4. The summed E-state index contributed by atoms with van der Waals surface area (Å²) in [6.45, 7) is 0. The molecule has 11 nitrogen and oxygen atoms in total. The van der Waals surface area contributed by atoms with E-state index in [-0.39, 0.29) is 12.0 Å². The van der Waals surface area contributed by atoms with Crippen molar-refractivity contribution < 1.29 is 18.7 Å². The molecule has 0 saturated heterocycles. The van der Waals surface area contributed by atoms with Crippen molar-refractivity contribution in [1.29, 1.82) is 0 Å². The number of amides is 1. The summed E-state index contributed by atoms with van der Waals surface area (Å²) in [7, 11) is 3.11. The smallest absolute Gasteiger partial charge is 0.417 e. The van der Waals surface area contributed by atoms with E-state index in [2.05, 4.69) is 20.6 Å². The number of carbonyl (C=O) groups excluding carboxylic acids is 1. The molecule has 6 rings (SSSR count). The van der Waals surface area contributed by atoms with E-state index in [0.29, 0.717) is 45.6 Å². The molecule has 1 aliphatic carbocycles. The Hall–Kier alpha value is -4.80. The number of oxazole rings is 1. The molecule has 1 saturated carbocycles. The van der Waals surface area contributed by atoms with Crippen LogP contribution in [0, 0.1) is 0 Å². The first-order valence-corrected chi connectivity index (χ1v) is 12.4. The van der Waals surface area contributed by atoms with Crippen LogP contribution < -0.4 is 25.9 Å². The second-order valence-corrected chi connectivity index (χ2v) is 9.15. The highest BCUT2D eigenvalue weighted by Gasteiger charge is 2.23. The van der Waals surface area contributed by atoms with Crippen molar-refractivity contribution >= 4 is 39.7 Å². The fourth-order valence-corrected chi connectivity index (χ4v) is 4.85. The van der Waals surface area contributed by atoms with Crippen LogP contribution in [0.15, 0.2) is 51.8 Å². The Balaban J connectivity index is 1.43. The van der Waals surface area contributed by atoms with Gasteiger partial charge in [0.1, 0.15) is 17.5 Å². The molecule has 2 aromatic carbocycles. The third kappa shape index (κ3) is 4.32. The summed E-state index contributed by atoms with van der Waals surface area (Å²) in [4.78, 5) is 39.0. The van der Waals surface area contributed by atoms with Gasteiger partial charge in [0.05, 0.1) is 23.7 Å². The van der Waals surface area contributed by atoms with E-state index in [1.54, 1.807) is 37.4 Å². The number of nitrogens with zero attached hydrogens (tertiary/aromatic N) is 2. The maximum atomic E-state index is 12.0. The molecule has 0 atom stereocenters. The van der Waals surface area contributed by atoms with Crippen molar-refractivity contribution in [2.75, 3.05) is 19.5 Å². The van der Waals surface area contributed by atoms with Gasteiger partial charge in [0, 0.05) is 24.4 Å². The second kappa shape index (κ2) is 9.58. The summed E-state index contributed by atoms with van der Waals surface area (Å²) < 4.78 is 17.2. The zero-order valence-corrected chi connectivity index (χ0v) is 20.9. The van der Waals surface area contributed by atoms with Crippen LogP contribution in [0.25, 0.3) is 33.3 Å². The average molecular weight is 515 g/mol. The van der Waals surface area contributed by atoms with Crippen LogP contribution in [-0.4, -0.2) is 46.1 Å². The summed E-state index contributed by atoms with van der Waals surface area (Å²) in [5.74, 6) is 0.533. The fraction of sp³-hybridized carbons (Fsp3) is 0.259. The van der Waals surface area contributed by atoms with E-state index in [1.165, 1.54) is 7.11 Å². The predicted molar refractivity (Wildman–Crippen MR) is 142 cm³/mol. The zero-order chi connectivity index (χ0) is 26.2. The molecule has 1 aliphatic rings. The molecule has 4 N–H and O–H groups in total. The molecule has 38 heavy (non-hydrogen) atoms. The third-order valence-electron chi connectivity index (χ3n) is 6.75. The molecular formula is C27H26N6O5. The standard InChI is InChI=1S/C27H26N6O5/c1-28-24(34)15-8-10-18(20(12-15)36-2)30-26-32-23-22(25(33-26)37-16-5-3-4-6-16)17(13-29-23)14-7-9-19-21(11-14)38-27(35)31-19/h7-13,16H,3-6H2,1-2H3,(H,28,34)(H,31,35)(H2,29,30,32,33). The van der Waals surface area contributed by atoms with E-state index >= 15 is 0 Å². The summed E-state index contributed by atoms with van der Waals surface area (Å²) in [5, 5.41) is 6.55. The van der Waals surface area contributed by atoms with E-state index in [4.69, 9.17) is 23.9 Å². The van der Waals surface area contributed by atoms with Crippen molar-refractivity contribution in [2.24, 2.45) is 0 Å². The number of anilines is 2. The summed E-state index contributed by atoms with van der Waals surface area (Å²) in [6.07, 6.45) is 6.06. The molecule has 3 aromatic heterocycles. The van der Waals surface area contributed by atoms with Gasteiger partial charge in [-0.3, -0.25) is 9.78 Å². The lowest BCUT2D eigenvalue weighted by molar-refractivity contribution is 0.0962. The lowest BCUT2D eigenvalue weighted by Gasteiger charge is -2.16. The van der Waals surface area contributed by atoms with E-state index in [9.17, 15) is 9.59 Å². The van der Waals surface area contributed by atoms with Gasteiger partial charge >= 0.3 is 5.76 Å². The van der Waals surface area contributed by atoms with Crippen LogP contribution in [0.5, 0.6) is 11.6 Å². The van der Waals surface area contributed by atoms with Crippen LogP contribution in [-0.2, 0) is 0 Å². The molecular weight excluding hydrogens is 488 g/mol. The maximum absolute atomic E-state index is 12.0. The van der Waals surface area contributed by atoms with Gasteiger partial charge in [-0.05, 0) is 61.6 Å². The number of fused-ring (bicyclic) bond motifs is 2. The normalized spacial score (nSPS) is 13.7. The highest BCUT2D eigenvalue weighted by molar-refractivity contribution is 5.99. The number of hydrogen-bond acceptors (Lipinski definition) is 8. The minimum atomic E-state index is -0.501. The lowest BCUT2D eigenvalue weighted by atomic mass is 10.1. The molecule has 11 heteroatoms. The number of hydrogen-bond donors (Lipinski definition) is 4. The van der Waals surface area contributed by atoms with Crippen molar-refractivity contribution in [1.82, 2.24) is 25.3 Å². The average Bonchev–Trinajstić information content (AvgIpc) is 3.67. The zero-order valence-electron chi connectivity index (χ0n) is 20.9. The molecule has 194 valence electrons. The maximum Gasteiger partial charge on any atom is 0.417 e. The summed E-state index contributed by atoms with van der Waals surface area (Å²) in [6, 6.07) is 10.6. The van der Waals surface area contributed by atoms with Crippen LogP contribution in [0.2, 0.25) is 0 Å². The van der Waals surface area contributed by atoms with Gasteiger partial charge in [-0.2, -0.15) is 9.97 Å². The molecule has 0 radical (unpaired) electrons. The number of aromatic nitrogens is 4. The van der Waals surface area contributed by atoms with Crippen molar-refractivity contribution in [3.05, 3.63) is 58.7 Å². The minimum absolute atomic E-state index is 0.0650. The highest BCUT2D eigenvalue weighted by Crippen LogP contribution is 2.38. The van der Waals surface area contributed by atoms with Gasteiger partial charge in [-0.1, -0.05) is 6.07 Å². The molecule has 3 heterocycles. The number of benzene rings is 2. The molecule has 0 spiro atoms. The van der Waals surface area contributed by atoms with Gasteiger partial charge in [0.25, 0.3) is 5.91 Å². The minimum Gasteiger partial charge on any atom is -0.495 e. The predicted octanol–water partition coefficient (Wildman–Crippen LogP) is 4.49. The van der Waals surface area contributed by atoms with Crippen LogP contribution in [0.1, 0.15) is 36.0 Å². The SMILES string of the molecule is CNC(=O)c1ccc(Nc2nc(OC3CCCC3)c3c(-c4ccc5[nH]c(=O)oc5c4)c[nH]c3n2)c(OC)c1.